The summed E-state index contributed by atoms with van der Waals surface area (Å²) in [5.74, 6) is 3.79. The van der Waals surface area contributed by atoms with Crippen LogP contribution < -0.4 is 0 Å². The van der Waals surface area contributed by atoms with Crippen LogP contribution in [0, 0.1) is 50.7 Å². The Morgan fingerprint density at radius 3 is 2.44 bits per heavy atom. The molecule has 0 bridgehead atoms. The minimum Gasteiger partial charge on any atom is -0.393 e. The number of rotatable bonds is 3. The first-order valence-electron chi connectivity index (χ1n) is 19.4. The Balaban J connectivity index is 0.00000117. The van der Waals surface area contributed by atoms with E-state index in [2.05, 4.69) is 56.1 Å². The lowest BCUT2D eigenvalue weighted by Gasteiger charge is -2.72. The number of fused-ring (bicyclic) bond motifs is 7. The highest BCUT2D eigenvalue weighted by Gasteiger charge is 2.71. The fraction of sp³-hybridized carbons (Fsp3) is 0.738. The van der Waals surface area contributed by atoms with Crippen LogP contribution in [0.15, 0.2) is 43.2 Å². The topological polar surface area (TPSA) is 82.1 Å². The number of nitrogens with one attached hydrogen (secondary N) is 1. The number of H-pyrrole nitrogens is 1. The summed E-state index contributed by atoms with van der Waals surface area (Å²) in [5, 5.41) is 11.1. The third-order valence-electron chi connectivity index (χ3n) is 16.1. The molecule has 0 radical (unpaired) electrons. The summed E-state index contributed by atoms with van der Waals surface area (Å²) in [5.41, 5.74) is 2.47. The minimum absolute atomic E-state index is 0.00962. The van der Waals surface area contributed by atoms with Crippen molar-refractivity contribution in [2.24, 2.45) is 50.7 Å². The number of nitrogens with zero attached hydrogens (tertiary/aromatic N) is 3. The summed E-state index contributed by atoms with van der Waals surface area (Å²) >= 11 is 0. The number of carbonyl (C=O) groups is 1. The van der Waals surface area contributed by atoms with E-state index in [1.807, 2.05) is 37.5 Å². The smallest absolute Gasteiger partial charge is 0.229 e. The van der Waals surface area contributed by atoms with E-state index in [-0.39, 0.29) is 28.4 Å². The zero-order valence-corrected chi connectivity index (χ0v) is 30.7. The highest BCUT2D eigenvalue weighted by molar-refractivity contribution is 5.84. The second-order valence-electron chi connectivity index (χ2n) is 18.2. The van der Waals surface area contributed by atoms with Crippen LogP contribution in [0.4, 0.5) is 0 Å². The van der Waals surface area contributed by atoms with Gasteiger partial charge in [0, 0.05) is 12.7 Å². The number of imidazole rings is 1. The third kappa shape index (κ3) is 4.77. The first-order chi connectivity index (χ1) is 22.9. The quantitative estimate of drug-likeness (QED) is 0.323. The zero-order valence-electron chi connectivity index (χ0n) is 30.7. The summed E-state index contributed by atoms with van der Waals surface area (Å²) in [6, 6.07) is 5.98. The van der Waals surface area contributed by atoms with Gasteiger partial charge in [-0.3, -0.25) is 9.78 Å². The molecule has 1 saturated heterocycles. The highest BCUT2D eigenvalue weighted by atomic mass is 16.3. The number of aromatic nitrogens is 3. The Kier molecular flexibility index (Phi) is 8.57. The Morgan fingerprint density at radius 2 is 1.69 bits per heavy atom. The average Bonchev–Trinajstić information content (AvgIpc) is 3.84. The van der Waals surface area contributed by atoms with Crippen LogP contribution in [-0.2, 0) is 4.79 Å². The van der Waals surface area contributed by atoms with Gasteiger partial charge in [0.15, 0.2) is 0 Å². The Morgan fingerprint density at radius 1 is 0.896 bits per heavy atom. The minimum atomic E-state index is -0.204. The van der Waals surface area contributed by atoms with Gasteiger partial charge < -0.3 is 15.0 Å². The van der Waals surface area contributed by atoms with Crippen molar-refractivity contribution in [1.82, 2.24) is 19.9 Å². The van der Waals surface area contributed by atoms with Gasteiger partial charge in [-0.05, 0) is 141 Å². The lowest BCUT2D eigenvalue weighted by Crippen LogP contribution is -2.67. The van der Waals surface area contributed by atoms with Crippen molar-refractivity contribution >= 4 is 5.91 Å². The molecule has 3 heterocycles. The second-order valence-corrected chi connectivity index (χ2v) is 18.2. The maximum atomic E-state index is 15.0. The molecule has 5 aliphatic carbocycles. The molecule has 2 aromatic rings. The van der Waals surface area contributed by atoms with Crippen molar-refractivity contribution in [3.8, 4) is 11.4 Å². The van der Waals surface area contributed by atoms with Gasteiger partial charge in [0.1, 0.15) is 5.82 Å². The lowest BCUT2D eigenvalue weighted by atomic mass is 9.32. The fourth-order valence-corrected chi connectivity index (χ4v) is 13.7. The van der Waals surface area contributed by atoms with Crippen molar-refractivity contribution in [3.05, 3.63) is 49.1 Å². The molecule has 6 aliphatic rings. The monoisotopic (exact) mass is 654 g/mol. The molecule has 262 valence electrons. The van der Waals surface area contributed by atoms with Gasteiger partial charge >= 0.3 is 0 Å². The van der Waals surface area contributed by atoms with Gasteiger partial charge in [0.25, 0.3) is 0 Å². The van der Waals surface area contributed by atoms with E-state index in [0.29, 0.717) is 40.4 Å². The number of likely N-dealkylation sites (tertiary alicyclic amines) is 1. The molecule has 0 aromatic carbocycles. The molecule has 8 unspecified atom stereocenters. The van der Waals surface area contributed by atoms with Crippen LogP contribution in [-0.4, -0.2) is 43.5 Å². The number of aliphatic hydroxyl groups is 1. The number of aromatic amines is 1. The Hall–Kier alpha value is -2.47. The van der Waals surface area contributed by atoms with Crippen LogP contribution in [0.5, 0.6) is 0 Å². The van der Waals surface area contributed by atoms with Gasteiger partial charge in [-0.1, -0.05) is 53.2 Å². The SMILES string of the molecule is C=CC.CC1(C)C(O)CCC2(C)C1CCC1(C)C2CCC2[C@H]3CCCC3(C(=O)N3CCCC3c3ncc(-c4ccccn4)[nH]3)CC[C@]21C. The van der Waals surface area contributed by atoms with Crippen LogP contribution in [0.3, 0.4) is 0 Å². The van der Waals surface area contributed by atoms with Crippen LogP contribution in [0.2, 0.25) is 0 Å². The number of amides is 1. The number of hydrogen-bond acceptors (Lipinski definition) is 4. The summed E-state index contributed by atoms with van der Waals surface area (Å²) in [6.45, 7) is 18.8. The zero-order chi connectivity index (χ0) is 34.1. The molecule has 5 saturated carbocycles. The van der Waals surface area contributed by atoms with E-state index in [1.165, 1.54) is 51.4 Å². The van der Waals surface area contributed by atoms with Gasteiger partial charge in [0.05, 0.1) is 35.1 Å². The molecule has 6 heteroatoms. The summed E-state index contributed by atoms with van der Waals surface area (Å²) in [7, 11) is 0. The number of aliphatic hydroxyl groups excluding tert-OH is 1. The lowest BCUT2D eigenvalue weighted by molar-refractivity contribution is -0.245. The van der Waals surface area contributed by atoms with Crippen molar-refractivity contribution in [2.45, 2.75) is 137 Å². The Bertz CT molecular complexity index is 1500. The maximum absolute atomic E-state index is 15.0. The number of pyridine rings is 1. The molecule has 10 atom stereocenters. The number of allylic oxidation sites excluding steroid dienone is 1. The third-order valence-corrected chi connectivity index (χ3v) is 16.1. The fourth-order valence-electron chi connectivity index (χ4n) is 13.7. The molecule has 1 aliphatic heterocycles. The predicted octanol–water partition coefficient (Wildman–Crippen LogP) is 9.54. The molecular formula is C42H62N4O2. The van der Waals surface area contributed by atoms with Crippen molar-refractivity contribution in [3.63, 3.8) is 0 Å². The van der Waals surface area contributed by atoms with Gasteiger partial charge in [-0.15, -0.1) is 6.58 Å². The van der Waals surface area contributed by atoms with E-state index < -0.39 is 0 Å². The molecule has 0 spiro atoms. The van der Waals surface area contributed by atoms with E-state index in [4.69, 9.17) is 4.98 Å². The first kappa shape index (κ1) is 34.0. The first-order valence-corrected chi connectivity index (χ1v) is 19.4. The molecule has 6 fully saturated rings. The van der Waals surface area contributed by atoms with Gasteiger partial charge in [-0.25, -0.2) is 4.98 Å². The maximum Gasteiger partial charge on any atom is 0.229 e. The molecule has 2 N–H and O–H groups in total. The van der Waals surface area contributed by atoms with Crippen LogP contribution >= 0.6 is 0 Å². The summed E-state index contributed by atoms with van der Waals surface area (Å²) in [4.78, 5) is 30.1. The normalized spacial score (nSPS) is 42.8. The van der Waals surface area contributed by atoms with Crippen LogP contribution in [0.25, 0.3) is 11.4 Å². The van der Waals surface area contributed by atoms with E-state index in [9.17, 15) is 9.90 Å². The molecular weight excluding hydrogens is 592 g/mol. The largest absolute Gasteiger partial charge is 0.393 e. The van der Waals surface area contributed by atoms with E-state index in [1.54, 1.807) is 6.08 Å². The van der Waals surface area contributed by atoms with Crippen molar-refractivity contribution < 1.29 is 9.90 Å². The molecule has 2 aromatic heterocycles. The predicted molar refractivity (Wildman–Crippen MR) is 193 cm³/mol. The molecule has 8 rings (SSSR count). The molecule has 1 amide bonds. The highest BCUT2D eigenvalue weighted by Crippen LogP contribution is 2.77. The number of hydrogen-bond donors (Lipinski definition) is 2. The van der Waals surface area contributed by atoms with E-state index in [0.717, 1.165) is 55.9 Å². The van der Waals surface area contributed by atoms with Crippen LogP contribution in [0.1, 0.15) is 137 Å². The van der Waals surface area contributed by atoms with Crippen molar-refractivity contribution in [1.29, 1.82) is 0 Å². The molecule has 6 nitrogen and oxygen atoms in total. The summed E-state index contributed by atoms with van der Waals surface area (Å²) in [6.07, 6.45) is 20.2. The van der Waals surface area contributed by atoms with Gasteiger partial charge in [0.2, 0.25) is 5.91 Å². The molecule has 48 heavy (non-hydrogen) atoms. The second kappa shape index (κ2) is 12.1. The standard InChI is InChI=1S/C39H56N4O2.C3H6/c1-35(2)30-15-19-38(5)31(36(30,3)18-16-32(35)44)14-13-25-26-10-8-17-39(26,21-20-37(25,38)4)34(45)43-23-9-12-29(43)33-41-24-28(42-33)27-11-6-7-22-40-27;1-3-2/h6-7,11,22,24-26,29-32,44H,8-10,12-21,23H2,1-5H3,(H,41,42);3H,1H2,2H3/t25?,26-,29?,30?,31?,32?,36?,37-,38?,39?;/m1./s1. The van der Waals surface area contributed by atoms with Crippen molar-refractivity contribution in [2.75, 3.05) is 6.54 Å². The van der Waals surface area contributed by atoms with Gasteiger partial charge in [-0.2, -0.15) is 0 Å². The number of carbonyl (C=O) groups excluding carboxylic acids is 1. The van der Waals surface area contributed by atoms with E-state index >= 15 is 0 Å². The Labute approximate surface area is 290 Å². The summed E-state index contributed by atoms with van der Waals surface area (Å²) < 4.78 is 0. The average molecular weight is 655 g/mol.